The van der Waals surface area contributed by atoms with Crippen molar-refractivity contribution in [2.24, 2.45) is 56.7 Å². The summed E-state index contributed by atoms with van der Waals surface area (Å²) < 4.78 is 0. The Hall–Kier alpha value is -1.12. The molecule has 3 heteroatoms. The van der Waals surface area contributed by atoms with Crippen molar-refractivity contribution in [1.29, 1.82) is 0 Å². The lowest BCUT2D eigenvalue weighted by atomic mass is 9.34. The third kappa shape index (κ3) is 2.86. The molecular weight excluding hydrogens is 408 g/mol. The van der Waals surface area contributed by atoms with Gasteiger partial charge in [0.2, 0.25) is 0 Å². The fourth-order valence-electron chi connectivity index (χ4n) is 10.4. The maximum absolute atomic E-state index is 14.1. The highest BCUT2D eigenvalue weighted by atomic mass is 16.4. The van der Waals surface area contributed by atoms with Crippen LogP contribution in [0.25, 0.3) is 0 Å². The van der Waals surface area contributed by atoms with Gasteiger partial charge in [-0.05, 0) is 109 Å². The molecule has 0 unspecified atom stereocenters. The van der Waals surface area contributed by atoms with Crippen LogP contribution in [0.15, 0.2) is 11.6 Å². The van der Waals surface area contributed by atoms with Crippen molar-refractivity contribution in [2.45, 2.75) is 106 Å². The molecule has 0 saturated heterocycles. The predicted molar refractivity (Wildman–Crippen MR) is 129 cm³/mol. The van der Waals surface area contributed by atoms with Gasteiger partial charge < -0.3 is 9.90 Å². The summed E-state index contributed by atoms with van der Waals surface area (Å²) in [6.07, 6.45) is 11.4. The highest BCUT2D eigenvalue weighted by Crippen LogP contribution is 2.74. The summed E-state index contributed by atoms with van der Waals surface area (Å²) in [5.41, 5.74) is 0.785. The topological polar surface area (TPSA) is 57.2 Å². The van der Waals surface area contributed by atoms with E-state index in [0.29, 0.717) is 36.4 Å². The van der Waals surface area contributed by atoms with Gasteiger partial charge in [0.05, 0.1) is 0 Å². The molecule has 5 aliphatic carbocycles. The first-order valence-corrected chi connectivity index (χ1v) is 13.7. The Bertz CT molecular complexity index is 916. The van der Waals surface area contributed by atoms with Crippen LogP contribution >= 0.6 is 0 Å². The summed E-state index contributed by atoms with van der Waals surface area (Å²) in [5, 5.41) is 12.0. The average Bonchev–Trinajstić information content (AvgIpc) is 2.72. The molecule has 3 nitrogen and oxygen atoms in total. The second kappa shape index (κ2) is 6.97. The summed E-state index contributed by atoms with van der Waals surface area (Å²) in [6, 6.07) is 0. The summed E-state index contributed by atoms with van der Waals surface area (Å²) >= 11 is 0. The van der Waals surface area contributed by atoms with Gasteiger partial charge >= 0.3 is 0 Å². The number of hydrogen-bond donors (Lipinski definition) is 0. The molecule has 0 N–H and O–H groups in total. The smallest absolute Gasteiger partial charge is 0.159 e. The van der Waals surface area contributed by atoms with E-state index in [9.17, 15) is 14.7 Å². The Morgan fingerprint density at radius 3 is 2.27 bits per heavy atom. The number of allylic oxidation sites excluding steroid dienone is 2. The van der Waals surface area contributed by atoms with Gasteiger partial charge in [-0.15, -0.1) is 0 Å². The quantitative estimate of drug-likeness (QED) is 0.492. The Balaban J connectivity index is 1.60. The summed E-state index contributed by atoms with van der Waals surface area (Å²) in [4.78, 5) is 26.2. The first-order chi connectivity index (χ1) is 15.2. The zero-order chi connectivity index (χ0) is 24.2. The molecule has 4 fully saturated rings. The Morgan fingerprint density at radius 2 is 1.61 bits per heavy atom. The Labute approximate surface area is 201 Å². The van der Waals surface area contributed by atoms with E-state index in [-0.39, 0.29) is 33.5 Å². The van der Waals surface area contributed by atoms with E-state index < -0.39 is 11.4 Å². The normalized spacial score (nSPS) is 53.1. The van der Waals surface area contributed by atoms with Crippen molar-refractivity contribution in [2.75, 3.05) is 0 Å². The summed E-state index contributed by atoms with van der Waals surface area (Å²) in [5.74, 6) is 1.54. The van der Waals surface area contributed by atoms with Crippen molar-refractivity contribution in [3.8, 4) is 0 Å². The minimum atomic E-state index is -0.911. The minimum absolute atomic E-state index is 0.0158. The van der Waals surface area contributed by atoms with E-state index in [1.807, 2.05) is 6.92 Å². The van der Waals surface area contributed by atoms with Crippen molar-refractivity contribution in [1.82, 2.24) is 0 Å². The van der Waals surface area contributed by atoms with Gasteiger partial charge in [0.1, 0.15) is 0 Å². The number of carbonyl (C=O) groups excluding carboxylic acids is 2. The zero-order valence-corrected chi connectivity index (χ0v) is 22.1. The second-order valence-corrected chi connectivity index (χ2v) is 14.5. The number of ketones is 1. The summed E-state index contributed by atoms with van der Waals surface area (Å²) in [7, 11) is 0. The van der Waals surface area contributed by atoms with Crippen molar-refractivity contribution in [3.63, 3.8) is 0 Å². The van der Waals surface area contributed by atoms with Gasteiger partial charge in [0.25, 0.3) is 0 Å². The van der Waals surface area contributed by atoms with Gasteiger partial charge in [-0.3, -0.25) is 4.79 Å². The molecule has 0 aromatic rings. The average molecular weight is 454 g/mol. The fraction of sp³-hybridized carbons (Fsp3) is 0.867. The minimum Gasteiger partial charge on any atom is -0.550 e. The van der Waals surface area contributed by atoms with Crippen LogP contribution in [0.4, 0.5) is 0 Å². The van der Waals surface area contributed by atoms with Crippen molar-refractivity contribution >= 4 is 11.8 Å². The van der Waals surface area contributed by atoms with E-state index in [1.165, 1.54) is 24.8 Å². The Morgan fingerprint density at radius 1 is 0.939 bits per heavy atom. The molecular formula is C30H45O3-. The number of carboxylic acid groups (broad SMARTS) is 1. The number of carbonyl (C=O) groups is 2. The molecule has 184 valence electrons. The molecule has 0 bridgehead atoms. The van der Waals surface area contributed by atoms with Crippen LogP contribution in [0.5, 0.6) is 0 Å². The fourth-order valence-corrected chi connectivity index (χ4v) is 10.4. The van der Waals surface area contributed by atoms with Crippen LogP contribution in [-0.4, -0.2) is 11.8 Å². The van der Waals surface area contributed by atoms with Crippen LogP contribution in [0.1, 0.15) is 106 Å². The Kier molecular flexibility index (Phi) is 4.99. The lowest BCUT2D eigenvalue weighted by molar-refractivity contribution is -0.321. The number of carboxylic acids is 1. The first-order valence-electron chi connectivity index (χ1n) is 13.7. The molecule has 0 aliphatic heterocycles. The van der Waals surface area contributed by atoms with Gasteiger partial charge in [-0.1, -0.05) is 54.0 Å². The molecule has 0 spiro atoms. The molecule has 4 saturated carbocycles. The van der Waals surface area contributed by atoms with Crippen molar-refractivity contribution in [3.05, 3.63) is 11.6 Å². The van der Waals surface area contributed by atoms with E-state index in [2.05, 4.69) is 47.6 Å². The molecule has 0 radical (unpaired) electrons. The maximum atomic E-state index is 14.1. The number of hydrogen-bond acceptors (Lipinski definition) is 3. The third-order valence-electron chi connectivity index (χ3n) is 13.0. The van der Waals surface area contributed by atoms with Gasteiger partial charge in [-0.2, -0.15) is 0 Å². The first kappa shape index (κ1) is 23.6. The van der Waals surface area contributed by atoms with E-state index in [1.54, 1.807) is 0 Å². The highest BCUT2D eigenvalue weighted by Gasteiger charge is 2.68. The second-order valence-electron chi connectivity index (χ2n) is 14.5. The molecule has 0 heterocycles. The predicted octanol–water partition coefficient (Wildman–Crippen LogP) is 5.96. The molecule has 0 aromatic carbocycles. The molecule has 5 aliphatic rings. The molecule has 33 heavy (non-hydrogen) atoms. The lowest BCUT2D eigenvalue weighted by Gasteiger charge is -2.70. The summed E-state index contributed by atoms with van der Waals surface area (Å²) in [6.45, 7) is 16.5. The zero-order valence-electron chi connectivity index (χ0n) is 22.1. The monoisotopic (exact) mass is 453 g/mol. The lowest BCUT2D eigenvalue weighted by Crippen LogP contribution is -2.65. The molecule has 9 atom stereocenters. The number of fused-ring (bicyclic) bond motifs is 7. The van der Waals surface area contributed by atoms with E-state index >= 15 is 0 Å². The van der Waals surface area contributed by atoms with Gasteiger partial charge in [0.15, 0.2) is 5.78 Å². The SMILES string of the molecule is C[C@H]1CC[C@@]2(C)[C@H](CC[C@]3(C)[C@H]2C(=O)C=C2[C@@H]4C[C@@](C)(C(=O)[O-])CC[C@@H]4CC[C@]23C)C1(C)C. The van der Waals surface area contributed by atoms with Crippen LogP contribution < -0.4 is 5.11 Å². The van der Waals surface area contributed by atoms with Crippen LogP contribution in [0.2, 0.25) is 0 Å². The van der Waals surface area contributed by atoms with Crippen LogP contribution in [-0.2, 0) is 9.59 Å². The van der Waals surface area contributed by atoms with E-state index in [0.717, 1.165) is 25.7 Å². The molecule has 0 aromatic heterocycles. The molecule has 5 rings (SSSR count). The highest BCUT2D eigenvalue weighted by molar-refractivity contribution is 5.95. The van der Waals surface area contributed by atoms with Gasteiger partial charge in [0, 0.05) is 17.3 Å². The third-order valence-corrected chi connectivity index (χ3v) is 13.0. The number of aliphatic carboxylic acids is 1. The largest absolute Gasteiger partial charge is 0.550 e. The van der Waals surface area contributed by atoms with Crippen LogP contribution in [0.3, 0.4) is 0 Å². The molecule has 0 amide bonds. The van der Waals surface area contributed by atoms with Crippen LogP contribution in [0, 0.1) is 56.7 Å². The van der Waals surface area contributed by atoms with Gasteiger partial charge in [-0.25, -0.2) is 0 Å². The van der Waals surface area contributed by atoms with E-state index in [4.69, 9.17) is 0 Å². The standard InChI is InChI=1S/C30H46O3/c1-18-8-13-28(5)23(26(18,2)3)11-15-30(7)24(28)22(31)16-21-20-17-27(4,25(32)33)12-9-19(20)10-14-29(21,30)6/h16,18-20,23-24H,8-15,17H2,1-7H3,(H,32,33)/p-1/t18-,19+,20+,23+,24-,27-,28-,29+,30+/m0/s1. The van der Waals surface area contributed by atoms with Crippen molar-refractivity contribution < 1.29 is 14.7 Å². The number of rotatable bonds is 1. The maximum Gasteiger partial charge on any atom is 0.159 e.